The van der Waals surface area contributed by atoms with Gasteiger partial charge in [-0.25, -0.2) is 4.52 Å². The third-order valence-corrected chi connectivity index (χ3v) is 4.70. The van der Waals surface area contributed by atoms with Gasteiger partial charge in [-0.05, 0) is 57.2 Å². The number of aryl methyl sites for hydroxylation is 1. The molecule has 4 rings (SSSR count). The van der Waals surface area contributed by atoms with Crippen molar-refractivity contribution in [2.45, 2.75) is 26.3 Å². The Morgan fingerprint density at radius 2 is 1.75 bits per heavy atom. The van der Waals surface area contributed by atoms with E-state index in [2.05, 4.69) is 39.8 Å². The monoisotopic (exact) mass is 450 g/mol. The van der Waals surface area contributed by atoms with Crippen LogP contribution in [0.5, 0.6) is 0 Å². The molecule has 0 unspecified atom stereocenters. The molecular weight excluding hydrogens is 424 g/mol. The first-order valence-electron chi connectivity index (χ1n) is 10.2. The van der Waals surface area contributed by atoms with Gasteiger partial charge in [-0.2, -0.15) is 4.98 Å². The number of pyridine rings is 1. The van der Waals surface area contributed by atoms with Crippen molar-refractivity contribution in [2.75, 3.05) is 11.9 Å². The van der Waals surface area contributed by atoms with Gasteiger partial charge >= 0.3 is 0 Å². The Morgan fingerprint density at radius 1 is 1.06 bits per heavy atom. The van der Waals surface area contributed by atoms with Crippen LogP contribution >= 0.6 is 11.6 Å². The molecule has 166 valence electrons. The quantitative estimate of drug-likeness (QED) is 0.374. The number of fused-ring (bicyclic) bond motifs is 1. The molecular formula is C24H27ClN6O. The van der Waals surface area contributed by atoms with E-state index in [0.717, 1.165) is 22.6 Å². The zero-order valence-electron chi connectivity index (χ0n) is 18.3. The molecule has 0 saturated heterocycles. The van der Waals surface area contributed by atoms with Gasteiger partial charge in [0.25, 0.3) is 0 Å². The van der Waals surface area contributed by atoms with E-state index < -0.39 is 0 Å². The van der Waals surface area contributed by atoms with Crippen LogP contribution in [0.4, 0.5) is 11.6 Å². The molecule has 4 aromatic rings. The van der Waals surface area contributed by atoms with Gasteiger partial charge in [-0.1, -0.05) is 47.5 Å². The largest absolute Gasteiger partial charge is 0.357 e. The molecule has 0 aliphatic heterocycles. The van der Waals surface area contributed by atoms with Gasteiger partial charge in [0.15, 0.2) is 5.65 Å². The molecule has 7 nitrogen and oxygen atoms in total. The van der Waals surface area contributed by atoms with Gasteiger partial charge in [0.05, 0.1) is 5.69 Å². The average molecular weight is 451 g/mol. The van der Waals surface area contributed by atoms with Gasteiger partial charge in [0.1, 0.15) is 0 Å². The second-order valence-electron chi connectivity index (χ2n) is 8.10. The van der Waals surface area contributed by atoms with Gasteiger partial charge in [0.2, 0.25) is 12.4 Å². The second-order valence-corrected chi connectivity index (χ2v) is 8.54. The Morgan fingerprint density at radius 3 is 2.34 bits per heavy atom. The Balaban J connectivity index is 0.000000312. The third kappa shape index (κ3) is 6.54. The molecule has 2 aromatic heterocycles. The van der Waals surface area contributed by atoms with E-state index in [0.29, 0.717) is 23.9 Å². The summed E-state index contributed by atoms with van der Waals surface area (Å²) in [5.74, 6) is 0.570. The van der Waals surface area contributed by atoms with E-state index in [9.17, 15) is 4.79 Å². The molecule has 1 amide bonds. The van der Waals surface area contributed by atoms with Crippen LogP contribution in [0.3, 0.4) is 0 Å². The maximum atomic E-state index is 9.68. The molecule has 0 aliphatic carbocycles. The first-order chi connectivity index (χ1) is 15.2. The number of halogens is 1. The minimum absolute atomic E-state index is 0.291. The number of carbonyl (C=O) groups excluding carboxylic acids is 1. The number of nitrogens with two attached hydrogens (primary N) is 1. The number of carbonyl (C=O) groups is 1. The number of benzene rings is 2. The fraction of sp³-hybridized carbons (Fsp3) is 0.208. The van der Waals surface area contributed by atoms with Crippen molar-refractivity contribution >= 4 is 35.3 Å². The Bertz CT molecular complexity index is 1160. The zero-order valence-corrected chi connectivity index (χ0v) is 19.1. The molecule has 0 radical (unpaired) electrons. The summed E-state index contributed by atoms with van der Waals surface area (Å²) in [4.78, 5) is 14.2. The van der Waals surface area contributed by atoms with E-state index in [1.54, 1.807) is 0 Å². The molecule has 4 N–H and O–H groups in total. The van der Waals surface area contributed by atoms with Crippen LogP contribution in [0, 0.1) is 6.92 Å². The van der Waals surface area contributed by atoms with Crippen LogP contribution in [0.25, 0.3) is 16.9 Å². The lowest BCUT2D eigenvalue weighted by molar-refractivity contribution is -0.109. The maximum Gasteiger partial charge on any atom is 0.247 e. The number of hydrogen-bond acceptors (Lipinski definition) is 5. The Kier molecular flexibility index (Phi) is 7.45. The van der Waals surface area contributed by atoms with E-state index in [1.807, 2.05) is 73.0 Å². The number of anilines is 2. The number of nitrogens with zero attached hydrogens (tertiary/aromatic N) is 3. The Labute approximate surface area is 192 Å². The number of nitrogens with one attached hydrogen (secondary N) is 2. The third-order valence-electron chi connectivity index (χ3n) is 4.45. The number of rotatable bonds is 6. The molecule has 0 spiro atoms. The summed E-state index contributed by atoms with van der Waals surface area (Å²) >= 11 is 5.98. The van der Waals surface area contributed by atoms with Crippen molar-refractivity contribution in [3.05, 3.63) is 77.3 Å². The predicted octanol–water partition coefficient (Wildman–Crippen LogP) is 4.57. The Hall–Kier alpha value is -3.42. The number of amides is 1. The minimum atomic E-state index is -0.291. The van der Waals surface area contributed by atoms with Crippen molar-refractivity contribution in [3.63, 3.8) is 0 Å². The lowest BCUT2D eigenvalue weighted by atomic mass is 10.1. The van der Waals surface area contributed by atoms with Crippen LogP contribution in [-0.2, 0) is 4.79 Å². The standard InChI is InChI=1S/C19H15ClN4.C5H12N2O/c1-13-5-11-16(12-6-13)21-19-22-18-4-2-3-17(24(18)23-19)14-7-9-15(20)10-8-14;1-5(2,6)3-7-4-8/h2-12H,1H3,(H,21,23);4H,3,6H2,1-2H3,(H,7,8). The molecule has 0 bridgehead atoms. The SMILES string of the molecule is CC(C)(N)CNC=O.Cc1ccc(Nc2nc3cccc(-c4ccc(Cl)cc4)n3n2)cc1. The highest BCUT2D eigenvalue weighted by molar-refractivity contribution is 6.30. The van der Waals surface area contributed by atoms with Crippen molar-refractivity contribution in [1.82, 2.24) is 19.9 Å². The highest BCUT2D eigenvalue weighted by atomic mass is 35.5. The van der Waals surface area contributed by atoms with Crippen molar-refractivity contribution in [3.8, 4) is 11.3 Å². The smallest absolute Gasteiger partial charge is 0.247 e. The van der Waals surface area contributed by atoms with E-state index in [1.165, 1.54) is 5.56 Å². The summed E-state index contributed by atoms with van der Waals surface area (Å²) in [5.41, 5.74) is 10.2. The van der Waals surface area contributed by atoms with Crippen LogP contribution in [0.2, 0.25) is 5.02 Å². The van der Waals surface area contributed by atoms with Gasteiger partial charge in [0, 0.05) is 28.4 Å². The maximum absolute atomic E-state index is 9.68. The molecule has 0 saturated carbocycles. The minimum Gasteiger partial charge on any atom is -0.357 e. The molecule has 2 heterocycles. The summed E-state index contributed by atoms with van der Waals surface area (Å²) in [7, 11) is 0. The second kappa shape index (κ2) is 10.3. The van der Waals surface area contributed by atoms with Gasteiger partial charge in [-0.3, -0.25) is 4.79 Å². The number of aromatic nitrogens is 3. The first-order valence-corrected chi connectivity index (χ1v) is 10.5. The number of hydrogen-bond donors (Lipinski definition) is 3. The van der Waals surface area contributed by atoms with Gasteiger partial charge in [-0.15, -0.1) is 5.10 Å². The molecule has 0 aliphatic rings. The molecule has 8 heteroatoms. The summed E-state index contributed by atoms with van der Waals surface area (Å²) < 4.78 is 1.83. The van der Waals surface area contributed by atoms with E-state index >= 15 is 0 Å². The lowest BCUT2D eigenvalue weighted by Gasteiger charge is -2.16. The normalized spacial score (nSPS) is 10.9. The highest BCUT2D eigenvalue weighted by Crippen LogP contribution is 2.23. The summed E-state index contributed by atoms with van der Waals surface area (Å²) in [6, 6.07) is 21.8. The predicted molar refractivity (Wildman–Crippen MR) is 130 cm³/mol. The van der Waals surface area contributed by atoms with Crippen molar-refractivity contribution in [2.24, 2.45) is 5.73 Å². The van der Waals surface area contributed by atoms with E-state index in [4.69, 9.17) is 17.3 Å². The summed E-state index contributed by atoms with van der Waals surface area (Å²) in [6.45, 7) is 6.29. The summed E-state index contributed by atoms with van der Waals surface area (Å²) in [6.07, 6.45) is 0.647. The van der Waals surface area contributed by atoms with Crippen LogP contribution < -0.4 is 16.4 Å². The fourth-order valence-electron chi connectivity index (χ4n) is 2.87. The molecule has 0 fully saturated rings. The first kappa shape index (κ1) is 23.2. The zero-order chi connectivity index (χ0) is 23.1. The molecule has 0 atom stereocenters. The van der Waals surface area contributed by atoms with Crippen LogP contribution in [0.15, 0.2) is 66.7 Å². The van der Waals surface area contributed by atoms with Crippen molar-refractivity contribution < 1.29 is 4.79 Å². The highest BCUT2D eigenvalue weighted by Gasteiger charge is 2.09. The van der Waals surface area contributed by atoms with Crippen LogP contribution in [-0.4, -0.2) is 33.1 Å². The van der Waals surface area contributed by atoms with Crippen molar-refractivity contribution in [1.29, 1.82) is 0 Å². The van der Waals surface area contributed by atoms with E-state index in [-0.39, 0.29) is 5.54 Å². The molecule has 32 heavy (non-hydrogen) atoms. The van der Waals surface area contributed by atoms with Gasteiger partial charge < -0.3 is 16.4 Å². The lowest BCUT2D eigenvalue weighted by Crippen LogP contribution is -2.42. The topological polar surface area (TPSA) is 97.3 Å². The summed E-state index contributed by atoms with van der Waals surface area (Å²) in [5, 5.41) is 11.0. The average Bonchev–Trinajstić information content (AvgIpc) is 3.17. The van der Waals surface area contributed by atoms with Crippen LogP contribution in [0.1, 0.15) is 19.4 Å². The molecule has 2 aromatic carbocycles. The fourth-order valence-corrected chi connectivity index (χ4v) is 2.99.